The lowest BCUT2D eigenvalue weighted by atomic mass is 10.0. The SMILES string of the molecule is CCCCCCCC/C=C\CCCCCCCC(=O)O[C@H](COC(=O)CCCCCCCCCCCCCC)COP(=O)(O)OCC(O)CO. The Hall–Kier alpha value is -1.29. The molecular weight excluding hydrogens is 659 g/mol. The summed E-state index contributed by atoms with van der Waals surface area (Å²) in [6.07, 6.45) is 31.8. The number of phosphoric ester groups is 1. The number of hydrogen-bond donors (Lipinski definition) is 3. The molecule has 0 rings (SSSR count). The van der Waals surface area contributed by atoms with Crippen molar-refractivity contribution in [1.29, 1.82) is 0 Å². The molecule has 0 saturated heterocycles. The molecule has 0 aromatic heterocycles. The lowest BCUT2D eigenvalue weighted by Gasteiger charge is -2.20. The Morgan fingerprint density at radius 3 is 1.44 bits per heavy atom. The zero-order valence-corrected chi connectivity index (χ0v) is 32.8. The normalized spacial score (nSPS) is 14.1. The van der Waals surface area contributed by atoms with Crippen LogP contribution in [0.15, 0.2) is 12.2 Å². The van der Waals surface area contributed by atoms with E-state index in [0.29, 0.717) is 12.8 Å². The van der Waals surface area contributed by atoms with Gasteiger partial charge < -0.3 is 24.6 Å². The third-order valence-electron chi connectivity index (χ3n) is 8.67. The van der Waals surface area contributed by atoms with E-state index in [2.05, 4.69) is 30.5 Å². The minimum absolute atomic E-state index is 0.178. The Morgan fingerprint density at radius 2 is 0.980 bits per heavy atom. The molecule has 0 aliphatic rings. The van der Waals surface area contributed by atoms with E-state index in [1.165, 1.54) is 89.9 Å². The third-order valence-corrected chi connectivity index (χ3v) is 9.62. The molecule has 2 unspecified atom stereocenters. The van der Waals surface area contributed by atoms with Gasteiger partial charge in [0.15, 0.2) is 6.10 Å². The molecule has 0 radical (unpaired) electrons. The maximum Gasteiger partial charge on any atom is 0.472 e. The van der Waals surface area contributed by atoms with Crippen molar-refractivity contribution in [3.05, 3.63) is 12.2 Å². The van der Waals surface area contributed by atoms with Crippen LogP contribution in [0.25, 0.3) is 0 Å². The number of hydrogen-bond acceptors (Lipinski definition) is 9. The van der Waals surface area contributed by atoms with Crippen molar-refractivity contribution in [1.82, 2.24) is 0 Å². The van der Waals surface area contributed by atoms with Gasteiger partial charge in [0.25, 0.3) is 0 Å². The van der Waals surface area contributed by atoms with E-state index in [-0.39, 0.29) is 19.4 Å². The van der Waals surface area contributed by atoms with Gasteiger partial charge in [-0.05, 0) is 38.5 Å². The highest BCUT2D eigenvalue weighted by Crippen LogP contribution is 2.43. The van der Waals surface area contributed by atoms with Crippen LogP contribution < -0.4 is 0 Å². The molecule has 0 heterocycles. The lowest BCUT2D eigenvalue weighted by molar-refractivity contribution is -0.161. The number of phosphoric acid groups is 1. The third kappa shape index (κ3) is 35.1. The van der Waals surface area contributed by atoms with Crippen molar-refractivity contribution >= 4 is 19.8 Å². The summed E-state index contributed by atoms with van der Waals surface area (Å²) in [6, 6.07) is 0. The number of aliphatic hydroxyl groups excluding tert-OH is 2. The maximum atomic E-state index is 12.6. The van der Waals surface area contributed by atoms with Crippen molar-refractivity contribution < 1.29 is 47.8 Å². The van der Waals surface area contributed by atoms with E-state index in [4.69, 9.17) is 19.1 Å². The highest BCUT2D eigenvalue weighted by atomic mass is 31.2. The minimum Gasteiger partial charge on any atom is -0.462 e. The predicted octanol–water partition coefficient (Wildman–Crippen LogP) is 10.1. The molecule has 0 spiro atoms. The van der Waals surface area contributed by atoms with E-state index in [0.717, 1.165) is 57.8 Å². The van der Waals surface area contributed by atoms with Crippen LogP contribution in [-0.4, -0.2) is 65.7 Å². The monoisotopic (exact) mass is 735 g/mol. The van der Waals surface area contributed by atoms with Crippen LogP contribution >= 0.6 is 7.82 Å². The Kier molecular flexibility index (Phi) is 35.2. The molecule has 296 valence electrons. The van der Waals surface area contributed by atoms with Crippen LogP contribution in [0.4, 0.5) is 0 Å². The average Bonchev–Trinajstić information content (AvgIpc) is 3.10. The summed E-state index contributed by atoms with van der Waals surface area (Å²) in [6.45, 7) is 2.37. The smallest absolute Gasteiger partial charge is 0.462 e. The molecule has 3 atom stereocenters. The number of carbonyl (C=O) groups is 2. The number of allylic oxidation sites excluding steroid dienone is 2. The first kappa shape index (κ1) is 48.7. The molecule has 3 N–H and O–H groups in total. The lowest BCUT2D eigenvalue weighted by Crippen LogP contribution is -2.29. The maximum absolute atomic E-state index is 12.6. The number of unbranched alkanes of at least 4 members (excludes halogenated alkanes) is 22. The fraction of sp³-hybridized carbons (Fsp3) is 0.897. The first-order valence-corrected chi connectivity index (χ1v) is 21.6. The topological polar surface area (TPSA) is 149 Å². The van der Waals surface area contributed by atoms with E-state index in [1.54, 1.807) is 0 Å². The summed E-state index contributed by atoms with van der Waals surface area (Å²) in [4.78, 5) is 34.8. The number of aliphatic hydroxyl groups is 2. The van der Waals surface area contributed by atoms with Gasteiger partial charge in [-0.15, -0.1) is 0 Å². The Morgan fingerprint density at radius 1 is 0.580 bits per heavy atom. The average molecular weight is 735 g/mol. The molecular formula is C39H75O10P. The summed E-state index contributed by atoms with van der Waals surface area (Å²) in [7, 11) is -4.61. The summed E-state index contributed by atoms with van der Waals surface area (Å²) >= 11 is 0. The van der Waals surface area contributed by atoms with Gasteiger partial charge in [0.1, 0.15) is 12.7 Å². The first-order valence-electron chi connectivity index (χ1n) is 20.1. The second-order valence-corrected chi connectivity index (χ2v) is 15.1. The molecule has 0 aromatic carbocycles. The standard InChI is InChI=1S/C39H75O10P/c1-3-5-7-9-11-13-15-17-18-19-21-23-25-27-29-31-39(43)49-37(35-48-50(44,45)47-33-36(41)32-40)34-46-38(42)30-28-26-24-22-20-16-14-12-10-8-6-4-2/h17-18,36-37,40-41H,3-16,19-35H2,1-2H3,(H,44,45)/b18-17-/t36?,37-/m1/s1. The molecule has 50 heavy (non-hydrogen) atoms. The Bertz CT molecular complexity index is 853. The summed E-state index contributed by atoms with van der Waals surface area (Å²) in [5.74, 6) is -0.928. The van der Waals surface area contributed by atoms with Crippen molar-refractivity contribution in [2.24, 2.45) is 0 Å². The Balaban J connectivity index is 4.34. The molecule has 0 bridgehead atoms. The fourth-order valence-electron chi connectivity index (χ4n) is 5.52. The van der Waals surface area contributed by atoms with Gasteiger partial charge in [-0.25, -0.2) is 4.57 Å². The van der Waals surface area contributed by atoms with Crippen LogP contribution in [0.5, 0.6) is 0 Å². The molecule has 0 amide bonds. The van der Waals surface area contributed by atoms with E-state index < -0.39 is 51.8 Å². The number of rotatable bonds is 38. The number of carbonyl (C=O) groups excluding carboxylic acids is 2. The van der Waals surface area contributed by atoms with Crippen LogP contribution in [0.3, 0.4) is 0 Å². The van der Waals surface area contributed by atoms with Crippen molar-refractivity contribution in [3.8, 4) is 0 Å². The molecule has 0 aliphatic heterocycles. The second-order valence-electron chi connectivity index (χ2n) is 13.7. The van der Waals surface area contributed by atoms with E-state index in [9.17, 15) is 24.2 Å². The van der Waals surface area contributed by atoms with Crippen molar-refractivity contribution in [3.63, 3.8) is 0 Å². The van der Waals surface area contributed by atoms with Gasteiger partial charge in [-0.1, -0.05) is 148 Å². The van der Waals surface area contributed by atoms with Crippen molar-refractivity contribution in [2.75, 3.05) is 26.4 Å². The quantitative estimate of drug-likeness (QED) is 0.0242. The highest BCUT2D eigenvalue weighted by molar-refractivity contribution is 7.47. The molecule has 0 aromatic rings. The molecule has 10 nitrogen and oxygen atoms in total. The number of esters is 2. The Labute approximate surface area is 305 Å². The van der Waals surface area contributed by atoms with Crippen molar-refractivity contribution in [2.45, 2.75) is 199 Å². The molecule has 0 fully saturated rings. The second kappa shape index (κ2) is 36.1. The summed E-state index contributed by atoms with van der Waals surface area (Å²) < 4.78 is 32.6. The van der Waals surface area contributed by atoms with Crippen LogP contribution in [0.1, 0.15) is 187 Å². The van der Waals surface area contributed by atoms with Gasteiger partial charge in [-0.3, -0.25) is 18.6 Å². The van der Waals surface area contributed by atoms with E-state index in [1.807, 2.05) is 0 Å². The van der Waals surface area contributed by atoms with Gasteiger partial charge in [0.05, 0.1) is 19.8 Å². The highest BCUT2D eigenvalue weighted by Gasteiger charge is 2.27. The number of ether oxygens (including phenoxy) is 2. The predicted molar refractivity (Wildman–Crippen MR) is 201 cm³/mol. The fourth-order valence-corrected chi connectivity index (χ4v) is 6.31. The zero-order chi connectivity index (χ0) is 37.0. The summed E-state index contributed by atoms with van der Waals surface area (Å²) in [5.41, 5.74) is 0. The minimum atomic E-state index is -4.61. The van der Waals surface area contributed by atoms with Crippen LogP contribution in [0, 0.1) is 0 Å². The largest absolute Gasteiger partial charge is 0.472 e. The van der Waals surface area contributed by atoms with Gasteiger partial charge in [-0.2, -0.15) is 0 Å². The van der Waals surface area contributed by atoms with Crippen LogP contribution in [0.2, 0.25) is 0 Å². The van der Waals surface area contributed by atoms with Gasteiger partial charge in [0.2, 0.25) is 0 Å². The van der Waals surface area contributed by atoms with E-state index >= 15 is 0 Å². The van der Waals surface area contributed by atoms with Crippen LogP contribution in [-0.2, 0) is 32.7 Å². The van der Waals surface area contributed by atoms with Gasteiger partial charge >= 0.3 is 19.8 Å². The zero-order valence-electron chi connectivity index (χ0n) is 31.9. The molecule has 11 heteroatoms. The van der Waals surface area contributed by atoms with Gasteiger partial charge in [0, 0.05) is 12.8 Å². The molecule has 0 aliphatic carbocycles. The first-order chi connectivity index (χ1) is 24.2. The summed E-state index contributed by atoms with van der Waals surface area (Å²) in [5, 5.41) is 18.3. The molecule has 0 saturated carbocycles.